The molecule has 5 atom stereocenters. The second-order valence-electron chi connectivity index (χ2n) is 9.71. The number of carbonyl (C=O) groups is 5. The first-order chi connectivity index (χ1) is 18.4. The van der Waals surface area contributed by atoms with Gasteiger partial charge in [0.15, 0.2) is 6.61 Å². The maximum Gasteiger partial charge on any atom is 0.338 e. The molecular formula is C29H28N2O7. The Labute approximate surface area is 219 Å². The minimum absolute atomic E-state index is 0.0147. The Balaban J connectivity index is 1.26. The van der Waals surface area contributed by atoms with Gasteiger partial charge < -0.3 is 14.8 Å². The van der Waals surface area contributed by atoms with Gasteiger partial charge in [0, 0.05) is 12.1 Å². The van der Waals surface area contributed by atoms with Crippen LogP contribution < -0.4 is 5.32 Å². The van der Waals surface area contributed by atoms with Crippen LogP contribution in [0.2, 0.25) is 0 Å². The standard InChI is InChI=1S/C29H28N2O7/c1-2-37-28(35)18-10-12-21(13-11-18)30-23(32)16-38-29(36)22(14-17-6-4-3-5-7-17)31-26(33)24-19-8-9-20(15-19)25(24)27(31)34/h3-13,19-20,22,24-25H,2,14-16H2,1H3,(H,30,32)/t19-,20-,22-,24+,25+/m0/s1. The van der Waals surface area contributed by atoms with Crippen molar-refractivity contribution in [1.82, 2.24) is 4.90 Å². The van der Waals surface area contributed by atoms with Crippen molar-refractivity contribution in [3.63, 3.8) is 0 Å². The summed E-state index contributed by atoms with van der Waals surface area (Å²) in [4.78, 5) is 65.3. The quantitative estimate of drug-likeness (QED) is 0.309. The number of hydrogen-bond donors (Lipinski definition) is 1. The van der Waals surface area contributed by atoms with Crippen LogP contribution in [0.1, 0.15) is 29.3 Å². The van der Waals surface area contributed by atoms with Crippen LogP contribution in [0, 0.1) is 23.7 Å². The lowest BCUT2D eigenvalue weighted by Gasteiger charge is -2.26. The number of fused-ring (bicyclic) bond motifs is 5. The second kappa shape index (κ2) is 10.6. The zero-order chi connectivity index (χ0) is 26.8. The number of carbonyl (C=O) groups excluding carboxylic acids is 5. The SMILES string of the molecule is CCOC(=O)c1ccc(NC(=O)COC(=O)[C@H](Cc2ccccc2)N2C(=O)[C@H]3[C@H](C2=O)[C@H]2C=C[C@H]3C2)cc1. The van der Waals surface area contributed by atoms with Crippen molar-refractivity contribution in [3.05, 3.63) is 77.9 Å². The predicted molar refractivity (Wildman–Crippen MR) is 135 cm³/mol. The molecule has 1 N–H and O–H groups in total. The highest BCUT2D eigenvalue weighted by Gasteiger charge is 2.61. The number of amides is 3. The van der Waals surface area contributed by atoms with Crippen molar-refractivity contribution in [2.45, 2.75) is 25.8 Å². The lowest BCUT2D eigenvalue weighted by molar-refractivity contribution is -0.160. The molecule has 2 aliphatic carbocycles. The molecule has 2 aromatic carbocycles. The van der Waals surface area contributed by atoms with Crippen molar-refractivity contribution in [1.29, 1.82) is 0 Å². The van der Waals surface area contributed by atoms with Gasteiger partial charge in [0.2, 0.25) is 11.8 Å². The zero-order valence-electron chi connectivity index (χ0n) is 20.9. The van der Waals surface area contributed by atoms with E-state index in [1.165, 1.54) is 24.3 Å². The van der Waals surface area contributed by atoms with Gasteiger partial charge in [-0.2, -0.15) is 0 Å². The molecule has 2 aromatic rings. The summed E-state index contributed by atoms with van der Waals surface area (Å²) in [6.45, 7) is 1.36. The summed E-state index contributed by atoms with van der Waals surface area (Å²) in [6, 6.07) is 14.0. The number of allylic oxidation sites excluding steroid dienone is 2. The van der Waals surface area contributed by atoms with E-state index in [4.69, 9.17) is 9.47 Å². The first-order valence-corrected chi connectivity index (χ1v) is 12.7. The second-order valence-corrected chi connectivity index (χ2v) is 9.71. The Hall–Kier alpha value is -4.27. The van der Waals surface area contributed by atoms with E-state index in [1.807, 2.05) is 42.5 Å². The number of esters is 2. The third kappa shape index (κ3) is 4.83. The molecule has 2 fully saturated rings. The largest absolute Gasteiger partial charge is 0.462 e. The number of hydrogen-bond acceptors (Lipinski definition) is 7. The van der Waals surface area contributed by atoms with E-state index in [2.05, 4.69) is 5.32 Å². The van der Waals surface area contributed by atoms with E-state index < -0.39 is 42.3 Å². The van der Waals surface area contributed by atoms with Crippen LogP contribution in [0.3, 0.4) is 0 Å². The average Bonchev–Trinajstić information content (AvgIpc) is 3.61. The minimum atomic E-state index is -1.17. The summed E-state index contributed by atoms with van der Waals surface area (Å²) in [5.74, 6) is -3.43. The van der Waals surface area contributed by atoms with E-state index in [1.54, 1.807) is 6.92 Å². The number of nitrogens with zero attached hydrogens (tertiary/aromatic N) is 1. The molecular weight excluding hydrogens is 488 g/mol. The fourth-order valence-electron chi connectivity index (χ4n) is 5.68. The highest BCUT2D eigenvalue weighted by Crippen LogP contribution is 2.53. The van der Waals surface area contributed by atoms with Crippen LogP contribution in [-0.2, 0) is 35.1 Å². The Morgan fingerprint density at radius 3 is 2.16 bits per heavy atom. The van der Waals surface area contributed by atoms with Crippen molar-refractivity contribution in [2.24, 2.45) is 23.7 Å². The third-order valence-electron chi connectivity index (χ3n) is 7.39. The molecule has 0 aromatic heterocycles. The molecule has 1 saturated heterocycles. The maximum atomic E-state index is 13.4. The van der Waals surface area contributed by atoms with Crippen molar-refractivity contribution in [2.75, 3.05) is 18.5 Å². The van der Waals surface area contributed by atoms with Gasteiger partial charge in [-0.15, -0.1) is 0 Å². The van der Waals surface area contributed by atoms with Crippen molar-refractivity contribution in [3.8, 4) is 0 Å². The molecule has 9 nitrogen and oxygen atoms in total. The molecule has 5 rings (SSSR count). The van der Waals surface area contributed by atoms with E-state index >= 15 is 0 Å². The van der Waals surface area contributed by atoms with E-state index in [0.717, 1.165) is 16.9 Å². The molecule has 1 saturated carbocycles. The molecule has 0 radical (unpaired) electrons. The summed E-state index contributed by atoms with van der Waals surface area (Å²) in [5.41, 5.74) is 1.51. The van der Waals surface area contributed by atoms with Gasteiger partial charge in [0.25, 0.3) is 5.91 Å². The Morgan fingerprint density at radius 2 is 1.55 bits per heavy atom. The summed E-state index contributed by atoms with van der Waals surface area (Å²) >= 11 is 0. The zero-order valence-corrected chi connectivity index (χ0v) is 20.9. The number of rotatable bonds is 9. The van der Waals surface area contributed by atoms with Crippen LogP contribution in [0.4, 0.5) is 5.69 Å². The number of imide groups is 1. The van der Waals surface area contributed by atoms with Crippen molar-refractivity contribution < 1.29 is 33.4 Å². The van der Waals surface area contributed by atoms with Crippen LogP contribution in [0.25, 0.3) is 0 Å². The average molecular weight is 517 g/mol. The highest BCUT2D eigenvalue weighted by molar-refractivity contribution is 6.09. The number of likely N-dealkylation sites (tertiary alicyclic amines) is 1. The van der Waals surface area contributed by atoms with Crippen LogP contribution in [-0.4, -0.2) is 53.8 Å². The lowest BCUT2D eigenvalue weighted by atomic mass is 9.85. The Kier molecular flexibility index (Phi) is 7.09. The molecule has 38 heavy (non-hydrogen) atoms. The van der Waals surface area contributed by atoms with Crippen LogP contribution in [0.15, 0.2) is 66.7 Å². The number of ether oxygens (including phenoxy) is 2. The first-order valence-electron chi connectivity index (χ1n) is 12.7. The van der Waals surface area contributed by atoms with Gasteiger partial charge in [0.1, 0.15) is 6.04 Å². The van der Waals surface area contributed by atoms with Crippen LogP contribution >= 0.6 is 0 Å². The molecule has 3 amide bonds. The van der Waals surface area contributed by atoms with E-state index in [9.17, 15) is 24.0 Å². The van der Waals surface area contributed by atoms with Crippen LogP contribution in [0.5, 0.6) is 0 Å². The monoisotopic (exact) mass is 516 g/mol. The fraction of sp³-hybridized carbons (Fsp3) is 0.345. The van der Waals surface area contributed by atoms with Gasteiger partial charge in [-0.3, -0.25) is 19.3 Å². The minimum Gasteiger partial charge on any atom is -0.462 e. The molecule has 1 heterocycles. The van der Waals surface area contributed by atoms with E-state index in [-0.39, 0.29) is 36.7 Å². The summed E-state index contributed by atoms with van der Waals surface area (Å²) in [6.07, 6.45) is 4.87. The number of anilines is 1. The fourth-order valence-corrected chi connectivity index (χ4v) is 5.68. The normalized spacial score (nSPS) is 23.8. The van der Waals surface area contributed by atoms with Gasteiger partial charge in [-0.25, -0.2) is 9.59 Å². The van der Waals surface area contributed by atoms with Gasteiger partial charge in [-0.05, 0) is 55.0 Å². The lowest BCUT2D eigenvalue weighted by Crippen LogP contribution is -2.48. The molecule has 2 bridgehead atoms. The number of benzene rings is 2. The Morgan fingerprint density at radius 1 is 0.921 bits per heavy atom. The summed E-state index contributed by atoms with van der Waals surface area (Å²) in [7, 11) is 0. The Bertz CT molecular complexity index is 1260. The van der Waals surface area contributed by atoms with Gasteiger partial charge >= 0.3 is 11.9 Å². The molecule has 196 valence electrons. The van der Waals surface area contributed by atoms with Gasteiger partial charge in [0.05, 0.1) is 24.0 Å². The highest BCUT2D eigenvalue weighted by atomic mass is 16.5. The smallest absolute Gasteiger partial charge is 0.338 e. The molecule has 3 aliphatic rings. The number of nitrogens with one attached hydrogen (secondary N) is 1. The molecule has 0 unspecified atom stereocenters. The first kappa shape index (κ1) is 25.4. The van der Waals surface area contributed by atoms with E-state index in [0.29, 0.717) is 11.3 Å². The maximum absolute atomic E-state index is 13.4. The topological polar surface area (TPSA) is 119 Å². The summed E-state index contributed by atoms with van der Waals surface area (Å²) in [5, 5.41) is 2.60. The van der Waals surface area contributed by atoms with Crippen molar-refractivity contribution >= 4 is 35.3 Å². The summed E-state index contributed by atoms with van der Waals surface area (Å²) < 4.78 is 10.3. The predicted octanol–water partition coefficient (Wildman–Crippen LogP) is 2.76. The molecule has 0 spiro atoms. The third-order valence-corrected chi connectivity index (χ3v) is 7.39. The molecule has 1 aliphatic heterocycles. The van der Waals surface area contributed by atoms with Gasteiger partial charge in [-0.1, -0.05) is 42.5 Å². The molecule has 9 heteroatoms.